The Morgan fingerprint density at radius 1 is 1.09 bits per heavy atom. The fourth-order valence-corrected chi connectivity index (χ4v) is 4.82. The van der Waals surface area contributed by atoms with Crippen LogP contribution in [0, 0.1) is 20.2 Å². The third-order valence-electron chi connectivity index (χ3n) is 5.91. The van der Waals surface area contributed by atoms with Crippen LogP contribution in [0.15, 0.2) is 73.7 Å². The van der Waals surface area contributed by atoms with E-state index in [4.69, 9.17) is 68.1 Å². The number of aromatic nitrogens is 4. The number of hydrogen-bond donors (Lipinski definition) is 2. The molecular formula is C26H28Cl2N6O9. The van der Waals surface area contributed by atoms with E-state index < -0.39 is 16.0 Å². The maximum absolute atomic E-state index is 8.36. The summed E-state index contributed by atoms with van der Waals surface area (Å²) in [5.74, 6) is -0.312. The van der Waals surface area contributed by atoms with Crippen molar-refractivity contribution < 1.29 is 34.8 Å². The van der Waals surface area contributed by atoms with Crippen LogP contribution >= 0.6 is 23.2 Å². The number of benzene rings is 2. The lowest BCUT2D eigenvalue weighted by molar-refractivity contribution is -0.742. The molecular weight excluding hydrogens is 611 g/mol. The summed E-state index contributed by atoms with van der Waals surface area (Å²) in [5, 5.41) is 28.3. The van der Waals surface area contributed by atoms with Gasteiger partial charge in [-0.15, -0.1) is 20.2 Å². The highest BCUT2D eigenvalue weighted by Gasteiger charge is 2.45. The van der Waals surface area contributed by atoms with E-state index in [2.05, 4.69) is 21.5 Å². The summed E-state index contributed by atoms with van der Waals surface area (Å²) >= 11 is 12.7. The van der Waals surface area contributed by atoms with E-state index in [1.165, 1.54) is 0 Å². The van der Waals surface area contributed by atoms with Gasteiger partial charge in [-0.2, -0.15) is 0 Å². The molecule has 2 aromatic heterocycles. The highest BCUT2D eigenvalue weighted by atomic mass is 35.5. The Morgan fingerprint density at radius 3 is 2.40 bits per heavy atom. The Bertz CT molecular complexity index is 1450. The van der Waals surface area contributed by atoms with E-state index in [1.807, 2.05) is 53.6 Å². The summed E-state index contributed by atoms with van der Waals surface area (Å²) in [4.78, 5) is 25.1. The smallest absolute Gasteiger partial charge is 0.291 e. The highest BCUT2D eigenvalue weighted by Crippen LogP contribution is 2.40. The van der Waals surface area contributed by atoms with Crippen LogP contribution in [0.25, 0.3) is 11.3 Å². The van der Waals surface area contributed by atoms with Crippen LogP contribution in [0.1, 0.15) is 18.9 Å². The number of nitrogens with zero attached hydrogens (tertiary/aromatic N) is 6. The van der Waals surface area contributed by atoms with Gasteiger partial charge < -0.3 is 33.8 Å². The van der Waals surface area contributed by atoms with Crippen molar-refractivity contribution in [3.05, 3.63) is 110 Å². The molecule has 5 rings (SSSR count). The van der Waals surface area contributed by atoms with Crippen LogP contribution in [-0.4, -0.2) is 59.0 Å². The summed E-state index contributed by atoms with van der Waals surface area (Å²) in [5.41, 5.74) is 2.91. The second kappa shape index (κ2) is 15.7. The summed E-state index contributed by atoms with van der Waals surface area (Å²) in [6, 6.07) is 13.3. The van der Waals surface area contributed by atoms with Crippen molar-refractivity contribution in [3.63, 3.8) is 0 Å². The van der Waals surface area contributed by atoms with Gasteiger partial charge >= 0.3 is 0 Å². The summed E-state index contributed by atoms with van der Waals surface area (Å²) in [6.45, 7) is 4.18. The van der Waals surface area contributed by atoms with E-state index in [-0.39, 0.29) is 6.10 Å². The summed E-state index contributed by atoms with van der Waals surface area (Å²) in [7, 11) is 0. The van der Waals surface area contributed by atoms with Crippen molar-refractivity contribution in [2.75, 3.05) is 13.2 Å². The molecule has 15 nitrogen and oxygen atoms in total. The number of aryl methyl sites for hydroxylation is 1. The molecule has 2 atom stereocenters. The largest absolute Gasteiger partial charge is 0.491 e. The molecule has 3 heterocycles. The normalized spacial score (nSPS) is 17.2. The molecule has 230 valence electrons. The number of rotatable bonds is 9. The van der Waals surface area contributed by atoms with Crippen molar-refractivity contribution in [2.45, 2.75) is 38.3 Å². The molecule has 1 aliphatic rings. The molecule has 1 aliphatic heterocycles. The fraction of sp³-hybridized carbons (Fsp3) is 0.308. The number of ether oxygens (including phenoxy) is 3. The Morgan fingerprint density at radius 2 is 1.79 bits per heavy atom. The van der Waals surface area contributed by atoms with Gasteiger partial charge in [0.25, 0.3) is 10.2 Å². The molecule has 0 radical (unpaired) electrons. The van der Waals surface area contributed by atoms with Crippen molar-refractivity contribution in [2.24, 2.45) is 0 Å². The molecule has 4 aromatic rings. The molecule has 1 saturated heterocycles. The van der Waals surface area contributed by atoms with Crippen LogP contribution < -0.4 is 4.74 Å². The maximum atomic E-state index is 8.36. The third-order valence-corrected chi connectivity index (χ3v) is 6.46. The van der Waals surface area contributed by atoms with Crippen molar-refractivity contribution in [1.29, 1.82) is 0 Å². The zero-order chi connectivity index (χ0) is 31.4. The molecule has 1 fully saturated rings. The van der Waals surface area contributed by atoms with Gasteiger partial charge in [0.05, 0.1) is 42.7 Å². The monoisotopic (exact) mass is 638 g/mol. The Balaban J connectivity index is 0.000000566. The first kappa shape index (κ1) is 33.1. The van der Waals surface area contributed by atoms with Gasteiger partial charge in [0.1, 0.15) is 18.5 Å². The number of hydrogen-bond acceptors (Lipinski definition) is 9. The highest BCUT2D eigenvalue weighted by molar-refractivity contribution is 6.35. The quantitative estimate of drug-likeness (QED) is 0.183. The average Bonchev–Trinajstić information content (AvgIpc) is 3.70. The minimum atomic E-state index is -1.50. The zero-order valence-corrected chi connectivity index (χ0v) is 24.2. The first-order valence-electron chi connectivity index (χ1n) is 12.7. The molecule has 0 bridgehead atoms. The van der Waals surface area contributed by atoms with E-state index in [0.29, 0.717) is 35.4 Å². The molecule has 0 saturated carbocycles. The van der Waals surface area contributed by atoms with Gasteiger partial charge in [-0.1, -0.05) is 36.2 Å². The van der Waals surface area contributed by atoms with Crippen molar-refractivity contribution >= 4 is 23.2 Å². The van der Waals surface area contributed by atoms with Crippen molar-refractivity contribution in [3.8, 4) is 17.0 Å². The van der Waals surface area contributed by atoms with Gasteiger partial charge in [-0.25, -0.2) is 9.97 Å². The van der Waals surface area contributed by atoms with E-state index in [0.717, 1.165) is 30.0 Å². The molecule has 0 amide bonds. The molecule has 43 heavy (non-hydrogen) atoms. The number of halogens is 2. The summed E-state index contributed by atoms with van der Waals surface area (Å²) < 4.78 is 22.8. The van der Waals surface area contributed by atoms with Crippen LogP contribution in [0.5, 0.6) is 5.75 Å². The third kappa shape index (κ3) is 9.82. The van der Waals surface area contributed by atoms with Crippen LogP contribution in [-0.2, 0) is 28.4 Å². The lowest BCUT2D eigenvalue weighted by Gasteiger charge is -2.30. The molecule has 0 spiro atoms. The maximum Gasteiger partial charge on any atom is 0.291 e. The molecule has 17 heteroatoms. The zero-order valence-electron chi connectivity index (χ0n) is 22.7. The molecule has 2 N–H and O–H groups in total. The van der Waals surface area contributed by atoms with Crippen LogP contribution in [0.4, 0.5) is 0 Å². The first-order valence-corrected chi connectivity index (χ1v) is 13.4. The van der Waals surface area contributed by atoms with E-state index >= 15 is 0 Å². The number of imidazole rings is 2. The Hall–Kier alpha value is -4.44. The predicted octanol–water partition coefficient (Wildman–Crippen LogP) is 5.12. The lowest BCUT2D eigenvalue weighted by atomic mass is 10.1. The SMILES string of the molecule is CCCn1cncc1-c1ccc(OC[C@@H]2CO[C@@](Cn3ccnc3)(c3ccc(Cl)cc3Cl)O2)cc1.O=[N+]([O-])O.O=[N+]([O-])O. The van der Waals surface area contributed by atoms with Gasteiger partial charge in [-0.3, -0.25) is 0 Å². The van der Waals surface area contributed by atoms with Gasteiger partial charge in [-0.05, 0) is 42.8 Å². The minimum Gasteiger partial charge on any atom is -0.491 e. The van der Waals surface area contributed by atoms with Crippen LogP contribution in [0.3, 0.4) is 0 Å². The Labute approximate surface area is 255 Å². The average molecular weight is 639 g/mol. The van der Waals surface area contributed by atoms with Crippen molar-refractivity contribution in [1.82, 2.24) is 19.1 Å². The standard InChI is InChI=1S/C26H26Cl2N4O3.2HNO3/c1-2-10-32-18-30-13-25(32)19-3-6-21(7-4-19)33-14-22-15-34-26(35-22,16-31-11-9-29-17-31)23-8-5-20(27)12-24(23)28;2*2-1(3)4/h3-9,11-13,17-18,22H,2,10,14-16H2,1H3;2*(H,2,3,4)/t22-,26-;;/m1../s1. The lowest BCUT2D eigenvalue weighted by Crippen LogP contribution is -2.34. The van der Waals surface area contributed by atoms with E-state index in [9.17, 15) is 0 Å². The summed E-state index contributed by atoms with van der Waals surface area (Å²) in [6.07, 6.45) is 9.81. The molecule has 0 aliphatic carbocycles. The minimum absolute atomic E-state index is 0.282. The molecule has 0 unspecified atom stereocenters. The second-order valence-electron chi connectivity index (χ2n) is 8.95. The van der Waals surface area contributed by atoms with Gasteiger partial charge in [0.15, 0.2) is 0 Å². The van der Waals surface area contributed by atoms with Gasteiger partial charge in [0.2, 0.25) is 5.79 Å². The van der Waals surface area contributed by atoms with Gasteiger partial charge in [0, 0.05) is 35.1 Å². The topological polar surface area (TPSA) is 190 Å². The van der Waals surface area contributed by atoms with E-state index in [1.54, 1.807) is 24.7 Å². The molecule has 2 aromatic carbocycles. The predicted molar refractivity (Wildman–Crippen MR) is 152 cm³/mol. The first-order chi connectivity index (χ1) is 20.5. The fourth-order valence-electron chi connectivity index (χ4n) is 4.27. The second-order valence-corrected chi connectivity index (χ2v) is 9.79. The van der Waals surface area contributed by atoms with Crippen LogP contribution in [0.2, 0.25) is 10.0 Å². The Kier molecular flexibility index (Phi) is 12.1.